The fourth-order valence-corrected chi connectivity index (χ4v) is 6.46. The Morgan fingerprint density at radius 1 is 1.13 bits per heavy atom. The van der Waals surface area contributed by atoms with E-state index >= 15 is 4.39 Å². The molecule has 240 valence electrons. The fourth-order valence-electron chi connectivity index (χ4n) is 6.46. The van der Waals surface area contributed by atoms with Gasteiger partial charge >= 0.3 is 0 Å². The number of aryl methyl sites for hydroxylation is 2. The van der Waals surface area contributed by atoms with Gasteiger partial charge in [0.25, 0.3) is 0 Å². The molecule has 1 saturated carbocycles. The van der Waals surface area contributed by atoms with Crippen LogP contribution < -0.4 is 15.6 Å². The molecule has 0 spiro atoms. The molecule has 2 fully saturated rings. The van der Waals surface area contributed by atoms with Gasteiger partial charge < -0.3 is 25.3 Å². The van der Waals surface area contributed by atoms with Gasteiger partial charge in [-0.05, 0) is 81.5 Å². The van der Waals surface area contributed by atoms with Crippen LogP contribution >= 0.6 is 0 Å². The van der Waals surface area contributed by atoms with Gasteiger partial charge in [-0.2, -0.15) is 0 Å². The van der Waals surface area contributed by atoms with E-state index in [9.17, 15) is 4.79 Å². The first-order valence-electron chi connectivity index (χ1n) is 16.1. The van der Waals surface area contributed by atoms with Crippen molar-refractivity contribution in [2.24, 2.45) is 0 Å². The van der Waals surface area contributed by atoms with Crippen molar-refractivity contribution in [2.45, 2.75) is 64.7 Å². The maximum atomic E-state index is 15.6. The second-order valence-electron chi connectivity index (χ2n) is 12.5. The van der Waals surface area contributed by atoms with E-state index < -0.39 is 5.82 Å². The standard InChI is InChI=1S/C36H42FN7O2/c1-24-5-6-30(19-41-24)42-12-3-4-31(23-42)43(20-26-9-10-40-25(2)14-26)21-28-22-44(29-7-8-29)35-16-32(27(17-38)18-39-11-13-45)34(37)15-33(35)36(28)46/h5-6,9-10,14-19,22,29,31,38-39,45H,3-4,7-8,11-13,20-21,23H2,1-2H3/b27-18+,38-17?/t31-/m0/s1. The first-order valence-corrected chi connectivity index (χ1v) is 16.1. The van der Waals surface area contributed by atoms with Crippen LogP contribution in [-0.2, 0) is 13.1 Å². The summed E-state index contributed by atoms with van der Waals surface area (Å²) >= 11 is 0. The summed E-state index contributed by atoms with van der Waals surface area (Å²) in [5.74, 6) is -0.552. The van der Waals surface area contributed by atoms with Crippen molar-refractivity contribution in [3.05, 3.63) is 105 Å². The molecule has 1 aliphatic heterocycles. The largest absolute Gasteiger partial charge is 0.395 e. The van der Waals surface area contributed by atoms with E-state index in [0.717, 1.165) is 67.6 Å². The molecule has 3 N–H and O–H groups in total. The molecule has 0 unspecified atom stereocenters. The van der Waals surface area contributed by atoms with E-state index in [0.29, 0.717) is 41.7 Å². The smallest absolute Gasteiger partial charge is 0.193 e. The molecule has 2 aliphatic rings. The predicted molar refractivity (Wildman–Crippen MR) is 181 cm³/mol. The third-order valence-electron chi connectivity index (χ3n) is 9.01. The minimum Gasteiger partial charge on any atom is -0.395 e. The van der Waals surface area contributed by atoms with Gasteiger partial charge in [0.15, 0.2) is 5.43 Å². The number of piperidine rings is 1. The Morgan fingerprint density at radius 3 is 2.70 bits per heavy atom. The number of pyridine rings is 3. The average Bonchev–Trinajstić information content (AvgIpc) is 3.90. The Kier molecular flexibility index (Phi) is 9.56. The van der Waals surface area contributed by atoms with Crippen molar-refractivity contribution in [2.75, 3.05) is 31.1 Å². The van der Waals surface area contributed by atoms with Gasteiger partial charge in [0, 0.05) is 103 Å². The van der Waals surface area contributed by atoms with Crippen LogP contribution in [0.1, 0.15) is 59.8 Å². The van der Waals surface area contributed by atoms with Crippen LogP contribution in [-0.4, -0.2) is 63.0 Å². The molecule has 6 rings (SSSR count). The Bertz CT molecular complexity index is 1800. The lowest BCUT2D eigenvalue weighted by Gasteiger charge is -2.40. The summed E-state index contributed by atoms with van der Waals surface area (Å²) in [6.07, 6.45) is 12.4. The fraction of sp³-hybridized carbons (Fsp3) is 0.389. The topological polar surface area (TPSA) is 110 Å². The van der Waals surface area contributed by atoms with E-state index in [1.54, 1.807) is 6.07 Å². The number of aromatic nitrogens is 3. The van der Waals surface area contributed by atoms with Crippen molar-refractivity contribution >= 4 is 28.4 Å². The molecule has 1 saturated heterocycles. The number of halogens is 1. The number of allylic oxidation sites excluding steroid dienone is 1. The molecule has 4 heterocycles. The van der Waals surface area contributed by atoms with Crippen LogP contribution in [0.4, 0.5) is 10.1 Å². The summed E-state index contributed by atoms with van der Waals surface area (Å²) in [6.45, 7) is 7.07. The maximum Gasteiger partial charge on any atom is 0.193 e. The van der Waals surface area contributed by atoms with Crippen LogP contribution in [0.3, 0.4) is 0 Å². The van der Waals surface area contributed by atoms with Gasteiger partial charge in [-0.25, -0.2) is 4.39 Å². The van der Waals surface area contributed by atoms with Crippen molar-refractivity contribution in [3.63, 3.8) is 0 Å². The first-order chi connectivity index (χ1) is 22.3. The first kappa shape index (κ1) is 31.6. The van der Waals surface area contributed by atoms with Crippen molar-refractivity contribution in [1.29, 1.82) is 5.41 Å². The SMILES string of the molecule is Cc1ccc(N2CCC[C@H](N(Cc3ccnc(C)c3)Cc3cn(C4CC4)c4cc(/C(C=N)=C/NCCO)c(F)cc4c3=O)C2)cn1. The zero-order valence-corrected chi connectivity index (χ0v) is 26.5. The third-order valence-corrected chi connectivity index (χ3v) is 9.01. The number of nitrogens with zero attached hydrogens (tertiary/aromatic N) is 5. The summed E-state index contributed by atoms with van der Waals surface area (Å²) < 4.78 is 17.8. The van der Waals surface area contributed by atoms with E-state index in [2.05, 4.69) is 41.8 Å². The van der Waals surface area contributed by atoms with Crippen LogP contribution in [0.15, 0.2) is 66.0 Å². The highest BCUT2D eigenvalue weighted by Gasteiger charge is 2.30. The van der Waals surface area contributed by atoms with Crippen LogP contribution in [0, 0.1) is 25.1 Å². The molecular formula is C36H42FN7O2. The third kappa shape index (κ3) is 7.03. The summed E-state index contributed by atoms with van der Waals surface area (Å²) in [5.41, 5.74) is 5.94. The molecule has 9 nitrogen and oxygen atoms in total. The van der Waals surface area contributed by atoms with Gasteiger partial charge in [-0.1, -0.05) is 0 Å². The van der Waals surface area contributed by atoms with Gasteiger partial charge in [-0.3, -0.25) is 19.7 Å². The number of aliphatic hydroxyl groups excluding tert-OH is 1. The van der Waals surface area contributed by atoms with Crippen molar-refractivity contribution in [1.82, 2.24) is 24.8 Å². The van der Waals surface area contributed by atoms with E-state index in [1.807, 2.05) is 44.6 Å². The lowest BCUT2D eigenvalue weighted by Crippen LogP contribution is -2.48. The Labute approximate surface area is 268 Å². The van der Waals surface area contributed by atoms with E-state index in [4.69, 9.17) is 10.5 Å². The van der Waals surface area contributed by atoms with Gasteiger partial charge in [0.05, 0.1) is 24.0 Å². The molecule has 1 aromatic carbocycles. The second kappa shape index (κ2) is 13.9. The number of fused-ring (bicyclic) bond motifs is 1. The Morgan fingerprint density at radius 2 is 1.98 bits per heavy atom. The number of hydrogen-bond donors (Lipinski definition) is 3. The quantitative estimate of drug-likeness (QED) is 0.148. The summed E-state index contributed by atoms with van der Waals surface area (Å²) in [7, 11) is 0. The molecule has 46 heavy (non-hydrogen) atoms. The molecule has 4 aromatic rings. The highest BCUT2D eigenvalue weighted by atomic mass is 19.1. The zero-order chi connectivity index (χ0) is 32.2. The molecule has 10 heteroatoms. The molecule has 0 bridgehead atoms. The minimum atomic E-state index is -0.552. The maximum absolute atomic E-state index is 15.6. The van der Waals surface area contributed by atoms with E-state index in [1.165, 1.54) is 12.3 Å². The molecule has 1 atom stereocenters. The van der Waals surface area contributed by atoms with Crippen LogP contribution in [0.5, 0.6) is 0 Å². The summed E-state index contributed by atoms with van der Waals surface area (Å²) in [5, 5.41) is 20.3. The van der Waals surface area contributed by atoms with Gasteiger partial charge in [0.2, 0.25) is 0 Å². The summed E-state index contributed by atoms with van der Waals surface area (Å²) in [6, 6.07) is 11.8. The molecule has 1 aliphatic carbocycles. The average molecular weight is 624 g/mol. The molecule has 0 amide bonds. The monoisotopic (exact) mass is 623 g/mol. The summed E-state index contributed by atoms with van der Waals surface area (Å²) in [4.78, 5) is 27.8. The second-order valence-corrected chi connectivity index (χ2v) is 12.5. The molecule has 3 aromatic heterocycles. The van der Waals surface area contributed by atoms with Crippen LogP contribution in [0.25, 0.3) is 16.5 Å². The van der Waals surface area contributed by atoms with Gasteiger partial charge in [-0.15, -0.1) is 0 Å². The minimum absolute atomic E-state index is 0.0776. The van der Waals surface area contributed by atoms with Gasteiger partial charge in [0.1, 0.15) is 5.82 Å². The predicted octanol–water partition coefficient (Wildman–Crippen LogP) is 5.13. The van der Waals surface area contributed by atoms with Crippen LogP contribution in [0.2, 0.25) is 0 Å². The number of nitrogens with one attached hydrogen (secondary N) is 2. The molecule has 0 radical (unpaired) electrons. The number of rotatable bonds is 12. The highest BCUT2D eigenvalue weighted by molar-refractivity contribution is 6.09. The number of benzene rings is 1. The van der Waals surface area contributed by atoms with Crippen molar-refractivity contribution in [3.8, 4) is 0 Å². The van der Waals surface area contributed by atoms with Crippen molar-refractivity contribution < 1.29 is 9.50 Å². The molecular weight excluding hydrogens is 581 g/mol. The Hall–Kier alpha value is -4.41. The normalized spacial score (nSPS) is 17.1. The lowest BCUT2D eigenvalue weighted by molar-refractivity contribution is 0.158. The van der Waals surface area contributed by atoms with E-state index in [-0.39, 0.29) is 29.7 Å². The Balaban J connectivity index is 1.38. The zero-order valence-electron chi connectivity index (χ0n) is 26.5. The number of aliphatic hydroxyl groups is 1. The lowest BCUT2D eigenvalue weighted by atomic mass is 10.00. The highest BCUT2D eigenvalue weighted by Crippen LogP contribution is 2.38. The number of anilines is 1. The number of hydrogen-bond acceptors (Lipinski definition) is 8.